The van der Waals surface area contributed by atoms with Crippen molar-refractivity contribution in [3.63, 3.8) is 0 Å². The number of aromatic nitrogens is 2. The number of hydrogen-bond acceptors (Lipinski definition) is 2. The van der Waals surface area contributed by atoms with Gasteiger partial charge in [-0.25, -0.2) is 0 Å². The van der Waals surface area contributed by atoms with E-state index in [-0.39, 0.29) is 23.5 Å². The number of fused-ring (bicyclic) bond motifs is 6. The summed E-state index contributed by atoms with van der Waals surface area (Å²) in [5.41, 5.74) is 4.13. The van der Waals surface area contributed by atoms with Gasteiger partial charge in [0, 0.05) is 67.1 Å². The lowest BCUT2D eigenvalue weighted by Crippen LogP contribution is -2.29. The van der Waals surface area contributed by atoms with Crippen LogP contribution in [0.2, 0.25) is 0 Å². The zero-order valence-electron chi connectivity index (χ0n) is 25.2. The Morgan fingerprint density at radius 2 is 0.848 bits per heavy atom. The fraction of sp³-hybridized carbons (Fsp3) is 0.235. The largest absolute Gasteiger partial charge is 0.471 e. The van der Waals surface area contributed by atoms with Crippen molar-refractivity contribution in [2.45, 2.75) is 52.1 Å². The SMILES string of the molecule is CC(C)n1c2ccccc2c2cc(NC(=O)C(F)(F)F)ccc21.CC(C)n1c2ccccc2c2cc(NC(=O)C(F)(F)F)ccc21. The van der Waals surface area contributed by atoms with Gasteiger partial charge < -0.3 is 19.8 Å². The van der Waals surface area contributed by atoms with Crippen LogP contribution in [0.25, 0.3) is 43.6 Å². The van der Waals surface area contributed by atoms with Gasteiger partial charge in [-0.1, -0.05) is 36.4 Å². The average Bonchev–Trinajstić information content (AvgIpc) is 3.49. The summed E-state index contributed by atoms with van der Waals surface area (Å²) in [6, 6.07) is 25.4. The van der Waals surface area contributed by atoms with Crippen LogP contribution in [-0.2, 0) is 9.59 Å². The van der Waals surface area contributed by atoms with Gasteiger partial charge in [-0.05, 0) is 76.2 Å². The Bertz CT molecular complexity index is 1940. The first-order valence-corrected chi connectivity index (χ1v) is 14.4. The molecule has 6 nitrogen and oxygen atoms in total. The van der Waals surface area contributed by atoms with E-state index >= 15 is 0 Å². The van der Waals surface area contributed by atoms with Crippen molar-refractivity contribution in [3.8, 4) is 0 Å². The highest BCUT2D eigenvalue weighted by Crippen LogP contribution is 2.35. The molecular weight excluding hydrogens is 610 g/mol. The number of rotatable bonds is 4. The van der Waals surface area contributed by atoms with Gasteiger partial charge in [-0.3, -0.25) is 9.59 Å². The second-order valence-electron chi connectivity index (χ2n) is 11.3. The molecule has 0 saturated carbocycles. The number of amides is 2. The summed E-state index contributed by atoms with van der Waals surface area (Å²) in [4.78, 5) is 22.2. The van der Waals surface area contributed by atoms with Crippen molar-refractivity contribution in [2.75, 3.05) is 10.6 Å². The molecule has 12 heteroatoms. The van der Waals surface area contributed by atoms with Crippen LogP contribution in [0.15, 0.2) is 84.9 Å². The Morgan fingerprint density at radius 1 is 0.522 bits per heavy atom. The smallest absolute Gasteiger partial charge is 0.338 e. The summed E-state index contributed by atoms with van der Waals surface area (Å²) < 4.78 is 78.6. The van der Waals surface area contributed by atoms with Crippen LogP contribution in [0, 0.1) is 0 Å². The molecule has 46 heavy (non-hydrogen) atoms. The quantitative estimate of drug-likeness (QED) is 0.189. The first-order valence-electron chi connectivity index (χ1n) is 14.4. The van der Waals surface area contributed by atoms with E-state index in [0.29, 0.717) is 0 Å². The third-order valence-corrected chi connectivity index (χ3v) is 7.48. The number of para-hydroxylation sites is 2. The third-order valence-electron chi connectivity index (χ3n) is 7.48. The highest BCUT2D eigenvalue weighted by atomic mass is 19.4. The molecule has 2 heterocycles. The Labute approximate surface area is 259 Å². The van der Waals surface area contributed by atoms with Gasteiger partial charge in [0.1, 0.15) is 0 Å². The predicted octanol–water partition coefficient (Wildman–Crippen LogP) is 9.75. The molecule has 2 aromatic heterocycles. The van der Waals surface area contributed by atoms with Crippen molar-refractivity contribution >= 4 is 66.8 Å². The summed E-state index contributed by atoms with van der Waals surface area (Å²) in [6.07, 6.45) is -9.80. The molecule has 0 saturated heterocycles. The second-order valence-corrected chi connectivity index (χ2v) is 11.3. The maximum atomic E-state index is 12.4. The number of anilines is 2. The number of nitrogens with zero attached hydrogens (tertiary/aromatic N) is 2. The normalized spacial score (nSPS) is 12.3. The Morgan fingerprint density at radius 3 is 1.17 bits per heavy atom. The number of carbonyl (C=O) groups is 2. The summed E-state index contributed by atoms with van der Waals surface area (Å²) >= 11 is 0. The molecule has 0 aliphatic heterocycles. The molecule has 0 bridgehead atoms. The van der Waals surface area contributed by atoms with E-state index in [4.69, 9.17) is 0 Å². The highest BCUT2D eigenvalue weighted by Gasteiger charge is 2.39. The molecular formula is C34H30F6N4O2. The molecule has 0 aliphatic rings. The Balaban J connectivity index is 0.000000181. The standard InChI is InChI=1S/2C17H15F3N2O/c2*1-10(2)22-14-6-4-3-5-12(14)13-9-11(7-8-15(13)22)21-16(23)17(18,19)20/h2*3-10H,1-2H3,(H,21,23). The van der Waals surface area contributed by atoms with E-state index in [1.54, 1.807) is 24.3 Å². The summed E-state index contributed by atoms with van der Waals surface area (Å²) in [5.74, 6) is -3.94. The lowest BCUT2D eigenvalue weighted by molar-refractivity contribution is -0.167. The maximum Gasteiger partial charge on any atom is 0.471 e. The van der Waals surface area contributed by atoms with Gasteiger partial charge in [0.25, 0.3) is 0 Å². The molecule has 6 aromatic rings. The number of halogens is 6. The van der Waals surface area contributed by atoms with Crippen LogP contribution in [0.5, 0.6) is 0 Å². The van der Waals surface area contributed by atoms with E-state index < -0.39 is 24.2 Å². The number of alkyl halides is 6. The van der Waals surface area contributed by atoms with Crippen molar-refractivity contribution in [1.29, 1.82) is 0 Å². The molecule has 0 spiro atoms. The first-order chi connectivity index (χ1) is 21.6. The summed E-state index contributed by atoms with van der Waals surface area (Å²) in [5, 5.41) is 7.32. The minimum absolute atomic E-state index is 0.131. The van der Waals surface area contributed by atoms with Crippen molar-refractivity contribution in [2.24, 2.45) is 0 Å². The Kier molecular flexibility index (Phi) is 8.50. The molecule has 240 valence electrons. The van der Waals surface area contributed by atoms with Crippen molar-refractivity contribution < 1.29 is 35.9 Å². The van der Waals surface area contributed by atoms with Crippen LogP contribution in [0.1, 0.15) is 39.8 Å². The Hall–Kier alpha value is -5.00. The van der Waals surface area contributed by atoms with E-state index in [1.807, 2.05) is 86.9 Å². The predicted molar refractivity (Wildman–Crippen MR) is 169 cm³/mol. The van der Waals surface area contributed by atoms with Gasteiger partial charge in [0.2, 0.25) is 0 Å². The zero-order chi connectivity index (χ0) is 33.6. The lowest BCUT2D eigenvalue weighted by atomic mass is 10.1. The highest BCUT2D eigenvalue weighted by molar-refractivity contribution is 6.11. The van der Waals surface area contributed by atoms with Gasteiger partial charge in [-0.2, -0.15) is 26.3 Å². The number of benzene rings is 4. The average molecular weight is 641 g/mol. The van der Waals surface area contributed by atoms with Gasteiger partial charge >= 0.3 is 24.2 Å². The molecule has 0 unspecified atom stereocenters. The van der Waals surface area contributed by atoms with Crippen LogP contribution < -0.4 is 10.6 Å². The van der Waals surface area contributed by atoms with E-state index in [1.165, 1.54) is 12.1 Å². The van der Waals surface area contributed by atoms with Crippen molar-refractivity contribution in [3.05, 3.63) is 84.9 Å². The zero-order valence-corrected chi connectivity index (χ0v) is 25.2. The topological polar surface area (TPSA) is 68.1 Å². The maximum absolute atomic E-state index is 12.4. The fourth-order valence-corrected chi connectivity index (χ4v) is 5.68. The van der Waals surface area contributed by atoms with Gasteiger partial charge in [0.05, 0.1) is 0 Å². The van der Waals surface area contributed by atoms with Gasteiger partial charge in [-0.15, -0.1) is 0 Å². The van der Waals surface area contributed by atoms with Crippen LogP contribution in [0.3, 0.4) is 0 Å². The molecule has 6 rings (SSSR count). The molecule has 0 fully saturated rings. The van der Waals surface area contributed by atoms with Crippen LogP contribution in [-0.4, -0.2) is 33.3 Å². The number of carbonyl (C=O) groups excluding carboxylic acids is 2. The first kappa shape index (κ1) is 32.4. The molecule has 0 atom stereocenters. The summed E-state index contributed by atoms with van der Waals surface area (Å²) in [7, 11) is 0. The van der Waals surface area contributed by atoms with Crippen molar-refractivity contribution in [1.82, 2.24) is 9.13 Å². The number of hydrogen-bond donors (Lipinski definition) is 2. The number of nitrogens with one attached hydrogen (secondary N) is 2. The monoisotopic (exact) mass is 640 g/mol. The van der Waals surface area contributed by atoms with Gasteiger partial charge in [0.15, 0.2) is 0 Å². The van der Waals surface area contributed by atoms with Crippen LogP contribution in [0.4, 0.5) is 37.7 Å². The lowest BCUT2D eigenvalue weighted by Gasteiger charge is -2.12. The van der Waals surface area contributed by atoms with E-state index in [0.717, 1.165) is 43.6 Å². The second kappa shape index (κ2) is 12.1. The molecule has 4 aromatic carbocycles. The molecule has 0 radical (unpaired) electrons. The van der Waals surface area contributed by atoms with E-state index in [2.05, 4.69) is 9.13 Å². The molecule has 2 amide bonds. The third kappa shape index (κ3) is 6.24. The van der Waals surface area contributed by atoms with E-state index in [9.17, 15) is 35.9 Å². The van der Waals surface area contributed by atoms with Crippen LogP contribution >= 0.6 is 0 Å². The minimum atomic E-state index is -4.90. The fourth-order valence-electron chi connectivity index (χ4n) is 5.68. The molecule has 0 aliphatic carbocycles. The minimum Gasteiger partial charge on any atom is -0.338 e. The molecule has 2 N–H and O–H groups in total. The summed E-state index contributed by atoms with van der Waals surface area (Å²) in [6.45, 7) is 8.19.